The van der Waals surface area contributed by atoms with Crippen LogP contribution >= 0.6 is 0 Å². The molecule has 2 aromatic heterocycles. The molecule has 0 aliphatic rings. The number of nitrogens with one attached hydrogen (secondary N) is 1. The van der Waals surface area contributed by atoms with Crippen molar-refractivity contribution in [2.24, 2.45) is 0 Å². The molecule has 0 fully saturated rings. The summed E-state index contributed by atoms with van der Waals surface area (Å²) in [7, 11) is 1.61. The summed E-state index contributed by atoms with van der Waals surface area (Å²) in [5.74, 6) is 0.741. The Hall–Kier alpha value is -2.29. The van der Waals surface area contributed by atoms with E-state index < -0.39 is 11.3 Å². The first-order valence-electron chi connectivity index (χ1n) is 6.46. The topological polar surface area (TPSA) is 92.1 Å². The zero-order valence-corrected chi connectivity index (χ0v) is 12.5. The van der Waals surface area contributed by atoms with E-state index >= 15 is 0 Å². The van der Waals surface area contributed by atoms with Gasteiger partial charge >= 0.3 is 0 Å². The average molecular weight is 317 g/mol. The van der Waals surface area contributed by atoms with Crippen molar-refractivity contribution >= 4 is 22.2 Å². The molecule has 0 spiro atoms. The second-order valence-corrected chi connectivity index (χ2v) is 5.30. The van der Waals surface area contributed by atoms with Crippen molar-refractivity contribution in [3.63, 3.8) is 0 Å². The van der Waals surface area contributed by atoms with E-state index in [9.17, 15) is 8.76 Å². The van der Waals surface area contributed by atoms with E-state index in [1.54, 1.807) is 25.8 Å². The summed E-state index contributed by atoms with van der Waals surface area (Å²) in [4.78, 5) is 8.52. The number of fused-ring (bicyclic) bond motifs is 1. The Kier molecular flexibility index (Phi) is 4.14. The molecule has 2 heterocycles. The largest absolute Gasteiger partial charge is 0.760 e. The van der Waals surface area contributed by atoms with Gasteiger partial charge in [-0.2, -0.15) is 0 Å². The number of ether oxygens (including phenoxy) is 1. The van der Waals surface area contributed by atoms with Gasteiger partial charge in [-0.1, -0.05) is 0 Å². The normalized spacial score (nSPS) is 12.5. The molecule has 3 rings (SSSR count). The molecule has 22 heavy (non-hydrogen) atoms. The van der Waals surface area contributed by atoms with Crippen LogP contribution in [0.2, 0.25) is 0 Å². The lowest BCUT2D eigenvalue weighted by atomic mass is 10.2. The van der Waals surface area contributed by atoms with Crippen LogP contribution in [0.15, 0.2) is 43.0 Å². The summed E-state index contributed by atoms with van der Waals surface area (Å²) >= 11 is -2.30. The van der Waals surface area contributed by atoms with Gasteiger partial charge in [-0.05, 0) is 18.2 Å². The molecule has 0 saturated heterocycles. The number of pyridine rings is 1. The third kappa shape index (κ3) is 2.98. The first-order chi connectivity index (χ1) is 10.7. The van der Waals surface area contributed by atoms with Gasteiger partial charge in [-0.15, -0.1) is 0 Å². The lowest BCUT2D eigenvalue weighted by Crippen LogP contribution is -2.15. The van der Waals surface area contributed by atoms with Crippen LogP contribution in [-0.4, -0.2) is 30.4 Å². The Morgan fingerprint density at radius 1 is 1.36 bits per heavy atom. The predicted molar refractivity (Wildman–Crippen MR) is 81.2 cm³/mol. The molecular weight excluding hydrogens is 304 g/mol. The SMILES string of the molecule is COc1ccc2c(-n3cnc(CNS(=O)[O-])c3)ccnc2c1. The van der Waals surface area contributed by atoms with Crippen molar-refractivity contribution in [1.29, 1.82) is 0 Å². The second kappa shape index (κ2) is 6.22. The zero-order chi connectivity index (χ0) is 15.5. The van der Waals surface area contributed by atoms with E-state index in [0.29, 0.717) is 5.69 Å². The summed E-state index contributed by atoms with van der Waals surface area (Å²) in [6.07, 6.45) is 5.13. The third-order valence-corrected chi connectivity index (χ3v) is 3.59. The van der Waals surface area contributed by atoms with Crippen LogP contribution in [0.5, 0.6) is 5.75 Å². The average Bonchev–Trinajstić information content (AvgIpc) is 3.00. The van der Waals surface area contributed by atoms with Crippen LogP contribution < -0.4 is 9.46 Å². The number of benzene rings is 1. The molecule has 0 amide bonds. The van der Waals surface area contributed by atoms with Crippen molar-refractivity contribution in [2.45, 2.75) is 6.54 Å². The van der Waals surface area contributed by atoms with Crippen LogP contribution in [0.25, 0.3) is 16.6 Å². The quantitative estimate of drug-likeness (QED) is 0.716. The standard InChI is InChI=1S/C14H14N4O3S/c1-21-11-2-3-12-13(6-11)15-5-4-14(12)18-8-10(16-9-18)7-17-22(19)20/h2-6,8-9,17H,7H2,1H3,(H,19,20)/p-1. The van der Waals surface area contributed by atoms with Gasteiger partial charge in [0.15, 0.2) is 0 Å². The molecule has 8 heteroatoms. The molecule has 1 unspecified atom stereocenters. The van der Waals surface area contributed by atoms with E-state index in [-0.39, 0.29) is 6.54 Å². The monoisotopic (exact) mass is 317 g/mol. The number of aromatic nitrogens is 3. The minimum absolute atomic E-state index is 0.153. The van der Waals surface area contributed by atoms with Crippen LogP contribution in [0, 0.1) is 0 Å². The van der Waals surface area contributed by atoms with E-state index in [2.05, 4.69) is 14.7 Å². The predicted octanol–water partition coefficient (Wildman–Crippen LogP) is 1.31. The first-order valence-corrected chi connectivity index (χ1v) is 7.53. The molecule has 3 aromatic rings. The highest BCUT2D eigenvalue weighted by Gasteiger charge is 2.07. The summed E-state index contributed by atoms with van der Waals surface area (Å²) in [5.41, 5.74) is 2.35. The smallest absolute Gasteiger partial charge is 0.121 e. The number of hydrogen-bond acceptors (Lipinski definition) is 5. The maximum absolute atomic E-state index is 10.5. The van der Waals surface area contributed by atoms with Crippen LogP contribution in [0.1, 0.15) is 5.69 Å². The Bertz CT molecular complexity index is 834. The molecule has 0 saturated carbocycles. The molecule has 114 valence electrons. The van der Waals surface area contributed by atoms with E-state index in [4.69, 9.17) is 4.74 Å². The first kappa shape index (κ1) is 14.6. The van der Waals surface area contributed by atoms with Gasteiger partial charge in [0.25, 0.3) is 0 Å². The minimum atomic E-state index is -2.30. The second-order valence-electron chi connectivity index (χ2n) is 4.54. The molecule has 1 N–H and O–H groups in total. The van der Waals surface area contributed by atoms with Gasteiger partial charge < -0.3 is 13.9 Å². The molecular formula is C14H13N4O3S-. The van der Waals surface area contributed by atoms with Crippen molar-refractivity contribution < 1.29 is 13.5 Å². The summed E-state index contributed by atoms with van der Waals surface area (Å²) in [6.45, 7) is 0.153. The molecule has 1 aromatic carbocycles. The number of imidazole rings is 1. The van der Waals surface area contributed by atoms with Gasteiger partial charge in [0.2, 0.25) is 0 Å². The molecule has 1 atom stereocenters. The fourth-order valence-electron chi connectivity index (χ4n) is 2.18. The van der Waals surface area contributed by atoms with Crippen molar-refractivity contribution in [3.05, 3.63) is 48.7 Å². The fraction of sp³-hybridized carbons (Fsp3) is 0.143. The molecule has 0 aliphatic carbocycles. The summed E-state index contributed by atoms with van der Waals surface area (Å²) < 4.78 is 30.4. The maximum atomic E-state index is 10.5. The minimum Gasteiger partial charge on any atom is -0.760 e. The Morgan fingerprint density at radius 2 is 2.23 bits per heavy atom. The zero-order valence-electron chi connectivity index (χ0n) is 11.7. The Morgan fingerprint density at radius 3 is 3.00 bits per heavy atom. The lowest BCUT2D eigenvalue weighted by molar-refractivity contribution is 0.415. The van der Waals surface area contributed by atoms with Crippen molar-refractivity contribution in [1.82, 2.24) is 19.3 Å². The molecule has 0 radical (unpaired) electrons. The molecule has 0 bridgehead atoms. The molecule has 0 aliphatic heterocycles. The number of nitrogens with zero attached hydrogens (tertiary/aromatic N) is 3. The van der Waals surface area contributed by atoms with Gasteiger partial charge in [0.1, 0.15) is 5.75 Å². The number of hydrogen-bond donors (Lipinski definition) is 1. The lowest BCUT2D eigenvalue weighted by Gasteiger charge is -2.08. The fourth-order valence-corrected chi connectivity index (χ4v) is 2.45. The maximum Gasteiger partial charge on any atom is 0.121 e. The van der Waals surface area contributed by atoms with Crippen LogP contribution in [0.3, 0.4) is 0 Å². The highest BCUT2D eigenvalue weighted by molar-refractivity contribution is 7.77. The number of rotatable bonds is 5. The van der Waals surface area contributed by atoms with E-state index in [0.717, 1.165) is 22.3 Å². The molecule has 7 nitrogen and oxygen atoms in total. The third-order valence-electron chi connectivity index (χ3n) is 3.21. The summed E-state index contributed by atoms with van der Waals surface area (Å²) in [6, 6.07) is 7.53. The van der Waals surface area contributed by atoms with Gasteiger partial charge in [-0.25, -0.2) is 9.71 Å². The highest BCUT2D eigenvalue weighted by Crippen LogP contribution is 2.24. The van der Waals surface area contributed by atoms with Crippen molar-refractivity contribution in [2.75, 3.05) is 7.11 Å². The van der Waals surface area contributed by atoms with E-state index in [1.165, 1.54) is 0 Å². The Balaban J connectivity index is 1.97. The highest BCUT2D eigenvalue weighted by atomic mass is 32.2. The van der Waals surface area contributed by atoms with E-state index in [1.807, 2.05) is 28.8 Å². The van der Waals surface area contributed by atoms with Crippen LogP contribution in [-0.2, 0) is 17.8 Å². The summed E-state index contributed by atoms with van der Waals surface area (Å²) in [5, 5.41) is 0.951. The van der Waals surface area contributed by atoms with Crippen molar-refractivity contribution in [3.8, 4) is 11.4 Å². The van der Waals surface area contributed by atoms with Gasteiger partial charge in [-0.3, -0.25) is 9.19 Å². The van der Waals surface area contributed by atoms with Gasteiger partial charge in [0.05, 0.1) is 36.9 Å². The van der Waals surface area contributed by atoms with Crippen LogP contribution in [0.4, 0.5) is 0 Å². The van der Waals surface area contributed by atoms with Gasteiger partial charge in [0, 0.05) is 35.1 Å². The number of methoxy groups -OCH3 is 1. The Labute approximate surface area is 129 Å².